The number of sulfonamides is 1. The Balaban J connectivity index is 1.76. The molecule has 0 saturated heterocycles. The van der Waals surface area contributed by atoms with E-state index in [1.807, 2.05) is 19.1 Å². The van der Waals surface area contributed by atoms with Crippen LogP contribution in [0.4, 0.5) is 0 Å². The van der Waals surface area contributed by atoms with E-state index < -0.39 is 10.0 Å². The summed E-state index contributed by atoms with van der Waals surface area (Å²) in [7, 11) is -3.56. The normalized spacial score (nSPS) is 27.3. The van der Waals surface area contributed by atoms with Gasteiger partial charge in [-0.3, -0.25) is 0 Å². The van der Waals surface area contributed by atoms with Gasteiger partial charge in [-0.15, -0.1) is 0 Å². The van der Waals surface area contributed by atoms with Crippen molar-refractivity contribution >= 4 is 15.7 Å². The van der Waals surface area contributed by atoms with Gasteiger partial charge in [-0.25, -0.2) is 4.83 Å². The number of nitrogens with zero attached hydrogens (tertiary/aromatic N) is 1. The number of nitrogens with one attached hydrogen (secondary N) is 1. The minimum atomic E-state index is -3.56. The van der Waals surface area contributed by atoms with Gasteiger partial charge in [0.15, 0.2) is 0 Å². The fourth-order valence-corrected chi connectivity index (χ4v) is 4.59. The number of aryl methyl sites for hydroxylation is 1. The highest BCUT2D eigenvalue weighted by atomic mass is 32.2. The molecule has 0 aromatic heterocycles. The van der Waals surface area contributed by atoms with Crippen LogP contribution in [-0.2, 0) is 10.0 Å². The highest BCUT2D eigenvalue weighted by Gasteiger charge is 2.28. The van der Waals surface area contributed by atoms with Gasteiger partial charge in [-0.2, -0.15) is 13.5 Å². The average Bonchev–Trinajstić information content (AvgIpc) is 2.71. The molecule has 126 valence electrons. The van der Waals surface area contributed by atoms with Crippen molar-refractivity contribution < 1.29 is 8.42 Å². The zero-order valence-electron chi connectivity index (χ0n) is 13.8. The van der Waals surface area contributed by atoms with Crippen LogP contribution in [0.5, 0.6) is 0 Å². The maximum Gasteiger partial charge on any atom is 0.276 e. The number of benzene rings is 1. The van der Waals surface area contributed by atoms with E-state index in [9.17, 15) is 8.42 Å². The molecule has 2 bridgehead atoms. The molecular formula is C18H26N2O2S. The molecule has 1 N–H and O–H groups in total. The summed E-state index contributed by atoms with van der Waals surface area (Å²) in [6.07, 6.45) is 9.65. The number of hydrogen-bond acceptors (Lipinski definition) is 3. The van der Waals surface area contributed by atoms with Crippen molar-refractivity contribution in [2.24, 2.45) is 16.9 Å². The van der Waals surface area contributed by atoms with E-state index in [-0.39, 0.29) is 4.90 Å². The van der Waals surface area contributed by atoms with Crippen LogP contribution in [0.25, 0.3) is 0 Å². The molecule has 1 aromatic carbocycles. The first kappa shape index (κ1) is 16.5. The molecule has 3 aliphatic carbocycles. The summed E-state index contributed by atoms with van der Waals surface area (Å²) < 4.78 is 24.8. The van der Waals surface area contributed by atoms with Crippen molar-refractivity contribution in [3.8, 4) is 0 Å². The molecule has 5 heteroatoms. The summed E-state index contributed by atoms with van der Waals surface area (Å²) in [6, 6.07) is 6.88. The number of hydrazone groups is 1. The minimum absolute atomic E-state index is 0.278. The van der Waals surface area contributed by atoms with E-state index in [1.165, 1.54) is 32.1 Å². The molecule has 23 heavy (non-hydrogen) atoms. The molecular weight excluding hydrogens is 308 g/mol. The predicted molar refractivity (Wildman–Crippen MR) is 92.9 cm³/mol. The molecule has 0 radical (unpaired) electrons. The van der Waals surface area contributed by atoms with Crippen molar-refractivity contribution in [3.05, 3.63) is 29.8 Å². The fraction of sp³-hybridized carbons (Fsp3) is 0.611. The van der Waals surface area contributed by atoms with Crippen LogP contribution in [0.15, 0.2) is 34.3 Å². The second-order valence-corrected chi connectivity index (χ2v) is 8.65. The van der Waals surface area contributed by atoms with Crippen molar-refractivity contribution in [2.45, 2.75) is 63.2 Å². The monoisotopic (exact) mass is 334 g/mol. The molecule has 4 nitrogen and oxygen atoms in total. The van der Waals surface area contributed by atoms with Crippen molar-refractivity contribution in [1.29, 1.82) is 0 Å². The van der Waals surface area contributed by atoms with E-state index in [4.69, 9.17) is 0 Å². The van der Waals surface area contributed by atoms with Gasteiger partial charge in [0.25, 0.3) is 10.0 Å². The Bertz CT molecular complexity index is 661. The Morgan fingerprint density at radius 2 is 1.74 bits per heavy atom. The first-order valence-corrected chi connectivity index (χ1v) is 10.2. The maximum atomic E-state index is 12.4. The molecule has 3 fully saturated rings. The Kier molecular flexibility index (Phi) is 5.05. The predicted octanol–water partition coefficient (Wildman–Crippen LogP) is 4.01. The van der Waals surface area contributed by atoms with Crippen LogP contribution in [0, 0.1) is 18.8 Å². The van der Waals surface area contributed by atoms with Gasteiger partial charge in [0, 0.05) is 5.71 Å². The van der Waals surface area contributed by atoms with Gasteiger partial charge in [0.1, 0.15) is 0 Å². The topological polar surface area (TPSA) is 58.5 Å². The van der Waals surface area contributed by atoms with Gasteiger partial charge in [-0.1, -0.05) is 43.4 Å². The van der Waals surface area contributed by atoms with Crippen molar-refractivity contribution in [1.82, 2.24) is 4.83 Å². The van der Waals surface area contributed by atoms with E-state index in [0.29, 0.717) is 11.8 Å². The molecule has 0 heterocycles. The van der Waals surface area contributed by atoms with Gasteiger partial charge in [0.05, 0.1) is 4.90 Å². The lowest BCUT2D eigenvalue weighted by atomic mass is 9.78. The minimum Gasteiger partial charge on any atom is -0.200 e. The van der Waals surface area contributed by atoms with E-state index in [1.54, 1.807) is 12.1 Å². The largest absolute Gasteiger partial charge is 0.276 e. The van der Waals surface area contributed by atoms with Crippen molar-refractivity contribution in [3.63, 3.8) is 0 Å². The van der Waals surface area contributed by atoms with Crippen LogP contribution >= 0.6 is 0 Å². The number of fused-ring (bicyclic) bond motifs is 6. The maximum absolute atomic E-state index is 12.4. The fourth-order valence-electron chi connectivity index (χ4n) is 3.75. The quantitative estimate of drug-likeness (QED) is 0.849. The van der Waals surface area contributed by atoms with Gasteiger partial charge in [0.2, 0.25) is 0 Å². The van der Waals surface area contributed by atoms with Crippen LogP contribution in [0.2, 0.25) is 0 Å². The molecule has 4 rings (SSSR count). The SMILES string of the molecule is Cc1ccc(S(=O)(=O)N/N=C2\C[C@@H]3CCCCC[C@H]2CC3)cc1. The Morgan fingerprint density at radius 1 is 1.00 bits per heavy atom. The van der Waals surface area contributed by atoms with E-state index >= 15 is 0 Å². The summed E-state index contributed by atoms with van der Waals surface area (Å²) in [5, 5.41) is 4.36. The lowest BCUT2D eigenvalue weighted by Crippen LogP contribution is -2.28. The lowest BCUT2D eigenvalue weighted by Gasteiger charge is -2.28. The molecule has 0 spiro atoms. The second-order valence-electron chi connectivity index (χ2n) is 6.99. The molecule has 0 amide bonds. The molecule has 3 aliphatic rings. The summed E-state index contributed by atoms with van der Waals surface area (Å²) in [4.78, 5) is 2.76. The number of rotatable bonds is 3. The first-order valence-electron chi connectivity index (χ1n) is 8.69. The zero-order chi connectivity index (χ0) is 16.3. The third kappa shape index (κ3) is 4.14. The second kappa shape index (κ2) is 7.04. The van der Waals surface area contributed by atoms with Crippen LogP contribution < -0.4 is 4.83 Å². The Morgan fingerprint density at radius 3 is 2.52 bits per heavy atom. The highest BCUT2D eigenvalue weighted by molar-refractivity contribution is 7.89. The smallest absolute Gasteiger partial charge is 0.200 e. The first-order chi connectivity index (χ1) is 11.0. The van der Waals surface area contributed by atoms with Crippen LogP contribution in [0.3, 0.4) is 0 Å². The summed E-state index contributed by atoms with van der Waals surface area (Å²) in [6.45, 7) is 1.94. The van der Waals surface area contributed by atoms with Crippen molar-refractivity contribution in [2.75, 3.05) is 0 Å². The number of hydrogen-bond donors (Lipinski definition) is 1. The van der Waals surface area contributed by atoms with Gasteiger partial charge in [-0.05, 0) is 56.6 Å². The van der Waals surface area contributed by atoms with E-state index in [2.05, 4.69) is 9.93 Å². The Hall–Kier alpha value is -1.36. The van der Waals surface area contributed by atoms with Crippen LogP contribution in [-0.4, -0.2) is 14.1 Å². The molecule has 0 aliphatic heterocycles. The zero-order valence-corrected chi connectivity index (χ0v) is 14.6. The summed E-state index contributed by atoms with van der Waals surface area (Å²) in [5.41, 5.74) is 2.11. The lowest BCUT2D eigenvalue weighted by molar-refractivity contribution is 0.385. The Labute approximate surface area is 139 Å². The molecule has 3 saturated carbocycles. The molecule has 2 atom stereocenters. The third-order valence-corrected chi connectivity index (χ3v) is 6.42. The molecule has 0 unspecified atom stereocenters. The van der Waals surface area contributed by atoms with Crippen LogP contribution in [0.1, 0.15) is 56.9 Å². The average molecular weight is 334 g/mol. The summed E-state index contributed by atoms with van der Waals surface area (Å²) in [5.74, 6) is 1.15. The molecule has 1 aromatic rings. The third-order valence-electron chi connectivity index (χ3n) is 5.20. The van der Waals surface area contributed by atoms with Gasteiger partial charge >= 0.3 is 0 Å². The standard InChI is InChI=1S/C18H26N2O2S/c1-14-7-11-17(12-8-14)23(21,22)20-19-18-13-15-5-3-2-4-6-16(18)10-9-15/h7-8,11-12,15-16,20H,2-6,9-10,13H2,1H3/b19-18+/t15-,16+/m1/s1. The van der Waals surface area contributed by atoms with Gasteiger partial charge < -0.3 is 0 Å². The van der Waals surface area contributed by atoms with E-state index in [0.717, 1.165) is 30.5 Å². The highest BCUT2D eigenvalue weighted by Crippen LogP contribution is 2.35. The summed E-state index contributed by atoms with van der Waals surface area (Å²) >= 11 is 0.